The maximum atomic E-state index is 11.6. The van der Waals surface area contributed by atoms with E-state index in [0.29, 0.717) is 11.7 Å². The summed E-state index contributed by atoms with van der Waals surface area (Å²) in [5.74, 6) is 5.71. The molecule has 2 fully saturated rings. The lowest BCUT2D eigenvalue weighted by Crippen LogP contribution is -2.46. The summed E-state index contributed by atoms with van der Waals surface area (Å²) in [4.78, 5) is 18.6. The molecule has 0 unspecified atom stereocenters. The first-order valence-electron chi connectivity index (χ1n) is 7.99. The lowest BCUT2D eigenvalue weighted by atomic mass is 9.78. The molecule has 0 spiro atoms. The minimum Gasteiger partial charge on any atom is -0.294 e. The van der Waals surface area contributed by atoms with Crippen LogP contribution in [0.5, 0.6) is 0 Å². The second-order valence-electron chi connectivity index (χ2n) is 6.21. The van der Waals surface area contributed by atoms with Gasteiger partial charge in [0.15, 0.2) is 0 Å². The Bertz CT molecular complexity index is 503. The average Bonchev–Trinajstić information content (AvgIpc) is 2.55. The van der Waals surface area contributed by atoms with Crippen molar-refractivity contribution in [3.05, 3.63) is 29.6 Å². The number of hydrazine groups is 1. The lowest BCUT2D eigenvalue weighted by Gasteiger charge is -2.44. The smallest absolute Gasteiger partial charge is 0.283 e. The van der Waals surface area contributed by atoms with Crippen LogP contribution in [0.25, 0.3) is 0 Å². The molecule has 1 aromatic heterocycles. The van der Waals surface area contributed by atoms with Gasteiger partial charge in [0.25, 0.3) is 5.91 Å². The number of likely N-dealkylation sites (tertiary alicyclic amines) is 1. The maximum absolute atomic E-state index is 11.6. The summed E-state index contributed by atoms with van der Waals surface area (Å²) >= 11 is 0. The Hall–Kier alpha value is -1.46. The number of carbonyl (C=O) groups is 1. The van der Waals surface area contributed by atoms with Crippen LogP contribution in [0.3, 0.4) is 0 Å². The van der Waals surface area contributed by atoms with Crippen LogP contribution < -0.4 is 11.3 Å². The number of nitrogens with one attached hydrogen (secondary N) is 1. The number of fused-ring (bicyclic) bond motifs is 1. The van der Waals surface area contributed by atoms with Crippen LogP contribution in [0.4, 0.5) is 0 Å². The van der Waals surface area contributed by atoms with E-state index in [2.05, 4.69) is 15.3 Å². The standard InChI is InChI=1S/C16H24N4O/c17-19-16(21)14-8-3-7-13(18-14)11-20-10-4-6-12-5-1-2-9-15(12)20/h3,7-8,12,15H,1-2,4-6,9-11,17H2,(H,19,21)/t12-,15-/m1/s1. The van der Waals surface area contributed by atoms with Gasteiger partial charge in [-0.1, -0.05) is 18.9 Å². The molecule has 0 aromatic carbocycles. The van der Waals surface area contributed by atoms with E-state index in [1.807, 2.05) is 12.1 Å². The average molecular weight is 288 g/mol. The molecule has 5 nitrogen and oxygen atoms in total. The fourth-order valence-corrected chi connectivity index (χ4v) is 3.90. The molecule has 0 radical (unpaired) electrons. The molecule has 2 heterocycles. The molecule has 5 heteroatoms. The highest BCUT2D eigenvalue weighted by molar-refractivity contribution is 5.91. The molecule has 1 amide bonds. The van der Waals surface area contributed by atoms with E-state index in [4.69, 9.17) is 5.84 Å². The molecule has 114 valence electrons. The van der Waals surface area contributed by atoms with Gasteiger partial charge in [-0.3, -0.25) is 15.1 Å². The topological polar surface area (TPSA) is 71.2 Å². The molecule has 1 aliphatic heterocycles. The third-order valence-electron chi connectivity index (χ3n) is 4.89. The van der Waals surface area contributed by atoms with E-state index >= 15 is 0 Å². The number of hydrogen-bond donors (Lipinski definition) is 2. The van der Waals surface area contributed by atoms with Gasteiger partial charge < -0.3 is 0 Å². The van der Waals surface area contributed by atoms with E-state index in [0.717, 1.165) is 24.7 Å². The van der Waals surface area contributed by atoms with Crippen molar-refractivity contribution < 1.29 is 4.79 Å². The second kappa shape index (κ2) is 6.54. The molecule has 1 saturated heterocycles. The van der Waals surface area contributed by atoms with Crippen LogP contribution in [0.1, 0.15) is 54.7 Å². The van der Waals surface area contributed by atoms with E-state index in [1.54, 1.807) is 6.07 Å². The number of nitrogen functional groups attached to an aromatic ring is 1. The van der Waals surface area contributed by atoms with Gasteiger partial charge in [-0.25, -0.2) is 10.8 Å². The van der Waals surface area contributed by atoms with Gasteiger partial charge in [-0.2, -0.15) is 0 Å². The molecule has 21 heavy (non-hydrogen) atoms. The molecule has 1 aliphatic carbocycles. The minimum atomic E-state index is -0.328. The van der Waals surface area contributed by atoms with Gasteiger partial charge in [-0.05, 0) is 50.3 Å². The van der Waals surface area contributed by atoms with Crippen molar-refractivity contribution in [3.8, 4) is 0 Å². The maximum Gasteiger partial charge on any atom is 0.283 e. The fraction of sp³-hybridized carbons (Fsp3) is 0.625. The predicted molar refractivity (Wildman–Crippen MR) is 81.3 cm³/mol. The minimum absolute atomic E-state index is 0.328. The first-order chi connectivity index (χ1) is 10.3. The highest BCUT2D eigenvalue weighted by Gasteiger charge is 2.33. The van der Waals surface area contributed by atoms with Crippen molar-refractivity contribution in [1.82, 2.24) is 15.3 Å². The zero-order valence-corrected chi connectivity index (χ0v) is 12.4. The zero-order chi connectivity index (χ0) is 14.7. The Kier molecular flexibility index (Phi) is 4.51. The van der Waals surface area contributed by atoms with Crippen LogP contribution in [-0.4, -0.2) is 28.4 Å². The van der Waals surface area contributed by atoms with Gasteiger partial charge in [0.05, 0.1) is 5.69 Å². The van der Waals surface area contributed by atoms with Gasteiger partial charge in [0, 0.05) is 12.6 Å². The third-order valence-corrected chi connectivity index (χ3v) is 4.89. The Morgan fingerprint density at radius 2 is 2.10 bits per heavy atom. The van der Waals surface area contributed by atoms with Gasteiger partial charge >= 0.3 is 0 Å². The molecule has 2 atom stereocenters. The zero-order valence-electron chi connectivity index (χ0n) is 12.4. The molecular weight excluding hydrogens is 264 g/mol. The van der Waals surface area contributed by atoms with E-state index in [1.165, 1.54) is 38.5 Å². The number of hydrogen-bond acceptors (Lipinski definition) is 4. The van der Waals surface area contributed by atoms with Gasteiger partial charge in [0.2, 0.25) is 0 Å². The summed E-state index contributed by atoms with van der Waals surface area (Å²) in [6, 6.07) is 6.29. The molecule has 3 rings (SSSR count). The Labute approximate surface area is 125 Å². The summed E-state index contributed by atoms with van der Waals surface area (Å²) in [6.45, 7) is 1.99. The monoisotopic (exact) mass is 288 g/mol. The van der Waals surface area contributed by atoms with Crippen LogP contribution in [0, 0.1) is 5.92 Å². The molecule has 1 saturated carbocycles. The SMILES string of the molecule is NNC(=O)c1cccc(CN2CCC[C@H]3CCCC[C@H]32)n1. The van der Waals surface area contributed by atoms with Crippen molar-refractivity contribution in [1.29, 1.82) is 0 Å². The fourth-order valence-electron chi connectivity index (χ4n) is 3.90. The first-order valence-corrected chi connectivity index (χ1v) is 7.99. The Balaban J connectivity index is 1.71. The van der Waals surface area contributed by atoms with Crippen molar-refractivity contribution in [2.24, 2.45) is 11.8 Å². The van der Waals surface area contributed by atoms with Crippen LogP contribution in [-0.2, 0) is 6.54 Å². The largest absolute Gasteiger partial charge is 0.294 e. The van der Waals surface area contributed by atoms with Crippen molar-refractivity contribution in [2.75, 3.05) is 6.54 Å². The van der Waals surface area contributed by atoms with Crippen molar-refractivity contribution in [2.45, 2.75) is 51.1 Å². The van der Waals surface area contributed by atoms with Crippen LogP contribution in [0.2, 0.25) is 0 Å². The summed E-state index contributed by atoms with van der Waals surface area (Å²) in [5.41, 5.74) is 3.50. The van der Waals surface area contributed by atoms with Crippen molar-refractivity contribution in [3.63, 3.8) is 0 Å². The molecule has 2 aliphatic rings. The first kappa shape index (κ1) is 14.5. The summed E-state index contributed by atoms with van der Waals surface area (Å²) in [6.07, 6.45) is 8.09. The second-order valence-corrected chi connectivity index (χ2v) is 6.21. The van der Waals surface area contributed by atoms with E-state index in [-0.39, 0.29) is 5.91 Å². The highest BCUT2D eigenvalue weighted by Crippen LogP contribution is 2.35. The normalized spacial score (nSPS) is 26.1. The number of piperidine rings is 1. The molecule has 1 aromatic rings. The number of pyridine rings is 1. The summed E-state index contributed by atoms with van der Waals surface area (Å²) in [5, 5.41) is 0. The van der Waals surface area contributed by atoms with Gasteiger partial charge in [-0.15, -0.1) is 0 Å². The van der Waals surface area contributed by atoms with Crippen LogP contribution >= 0.6 is 0 Å². The van der Waals surface area contributed by atoms with E-state index < -0.39 is 0 Å². The number of nitrogens with two attached hydrogens (primary N) is 1. The Morgan fingerprint density at radius 1 is 1.29 bits per heavy atom. The lowest BCUT2D eigenvalue weighted by molar-refractivity contribution is 0.0536. The Morgan fingerprint density at radius 3 is 2.95 bits per heavy atom. The number of aromatic nitrogens is 1. The van der Waals surface area contributed by atoms with E-state index in [9.17, 15) is 4.79 Å². The highest BCUT2D eigenvalue weighted by atomic mass is 16.2. The molecule has 0 bridgehead atoms. The summed E-state index contributed by atoms with van der Waals surface area (Å²) < 4.78 is 0. The van der Waals surface area contributed by atoms with Gasteiger partial charge in [0.1, 0.15) is 5.69 Å². The third kappa shape index (κ3) is 3.24. The quantitative estimate of drug-likeness (QED) is 0.506. The number of amides is 1. The van der Waals surface area contributed by atoms with Crippen molar-refractivity contribution >= 4 is 5.91 Å². The summed E-state index contributed by atoms with van der Waals surface area (Å²) in [7, 11) is 0. The number of rotatable bonds is 3. The number of carbonyl (C=O) groups excluding carboxylic acids is 1. The molecular formula is C16H24N4O. The number of nitrogens with zero attached hydrogens (tertiary/aromatic N) is 2. The van der Waals surface area contributed by atoms with Crippen LogP contribution in [0.15, 0.2) is 18.2 Å². The molecule has 3 N–H and O–H groups in total. The predicted octanol–water partition coefficient (Wildman–Crippen LogP) is 1.84.